The van der Waals surface area contributed by atoms with E-state index >= 15 is 0 Å². The van der Waals surface area contributed by atoms with Crippen LogP contribution in [0, 0.1) is 6.92 Å². The first kappa shape index (κ1) is 18.5. The summed E-state index contributed by atoms with van der Waals surface area (Å²) in [7, 11) is 0. The normalized spacial score (nSPS) is 20.2. The Morgan fingerprint density at radius 1 is 1.38 bits per heavy atom. The van der Waals surface area contributed by atoms with Crippen LogP contribution in [0.4, 0.5) is 0 Å². The van der Waals surface area contributed by atoms with Crippen molar-refractivity contribution < 1.29 is 14.6 Å². The van der Waals surface area contributed by atoms with Gasteiger partial charge in [0.2, 0.25) is 0 Å². The summed E-state index contributed by atoms with van der Waals surface area (Å²) in [6.07, 6.45) is 5.73. The molecule has 1 saturated heterocycles. The number of amides is 1. The number of hydrogen-bond donors (Lipinski definition) is 1. The van der Waals surface area contributed by atoms with Crippen LogP contribution in [-0.4, -0.2) is 51.0 Å². The second-order valence-corrected chi connectivity index (χ2v) is 7.10. The van der Waals surface area contributed by atoms with Crippen molar-refractivity contribution in [3.63, 3.8) is 0 Å². The number of aliphatic hydroxyl groups is 1. The summed E-state index contributed by atoms with van der Waals surface area (Å²) in [5.74, 6) is 0.687. The molecule has 140 valence electrons. The molecule has 1 fully saturated rings. The van der Waals surface area contributed by atoms with E-state index in [0.717, 1.165) is 30.7 Å². The van der Waals surface area contributed by atoms with Gasteiger partial charge in [0.15, 0.2) is 0 Å². The molecule has 2 aromatic rings. The highest BCUT2D eigenvalue weighted by atomic mass is 16.5. The highest BCUT2D eigenvalue weighted by molar-refractivity contribution is 5.93. The number of likely N-dealkylation sites (tertiary alicyclic amines) is 1. The molecule has 1 amide bonds. The number of benzene rings is 1. The number of aromatic nitrogens is 2. The van der Waals surface area contributed by atoms with Gasteiger partial charge in [-0.3, -0.25) is 9.48 Å². The highest BCUT2D eigenvalue weighted by Gasteiger charge is 2.36. The zero-order chi connectivity index (χ0) is 18.6. The number of nitrogens with zero attached hydrogens (tertiary/aromatic N) is 3. The molecule has 1 N–H and O–H groups in total. The molecule has 0 unspecified atom stereocenters. The fraction of sp³-hybridized carbons (Fsp3) is 0.500. The van der Waals surface area contributed by atoms with E-state index in [1.807, 2.05) is 31.2 Å². The van der Waals surface area contributed by atoms with Gasteiger partial charge in [0, 0.05) is 19.3 Å². The second-order valence-electron chi connectivity index (χ2n) is 7.10. The number of ether oxygens (including phenoxy) is 1. The Hall–Kier alpha value is -2.34. The largest absolute Gasteiger partial charge is 0.490 e. The van der Waals surface area contributed by atoms with Crippen molar-refractivity contribution in [2.24, 2.45) is 0 Å². The molecular weight excluding hydrogens is 330 g/mol. The number of aryl methyl sites for hydroxylation is 2. The Morgan fingerprint density at radius 2 is 2.19 bits per heavy atom. The molecule has 0 spiro atoms. The lowest BCUT2D eigenvalue weighted by molar-refractivity contribution is -0.0533. The van der Waals surface area contributed by atoms with Crippen molar-refractivity contribution in [2.45, 2.75) is 45.3 Å². The first-order chi connectivity index (χ1) is 12.5. The van der Waals surface area contributed by atoms with Gasteiger partial charge in [-0.25, -0.2) is 0 Å². The molecule has 1 aliphatic rings. The second kappa shape index (κ2) is 7.91. The quantitative estimate of drug-likeness (QED) is 0.863. The minimum atomic E-state index is -1.03. The summed E-state index contributed by atoms with van der Waals surface area (Å²) in [5.41, 5.74) is 0.570. The third-order valence-corrected chi connectivity index (χ3v) is 4.77. The Bertz CT molecular complexity index is 758. The van der Waals surface area contributed by atoms with E-state index < -0.39 is 5.60 Å². The smallest absolute Gasteiger partial charge is 0.257 e. The monoisotopic (exact) mass is 357 g/mol. The lowest BCUT2D eigenvalue weighted by Crippen LogP contribution is -2.53. The zero-order valence-electron chi connectivity index (χ0n) is 15.5. The number of hydrogen-bond acceptors (Lipinski definition) is 4. The molecule has 1 aliphatic heterocycles. The number of carbonyl (C=O) groups is 1. The number of β-amino-alcohol motifs (C(OH)–C–C–N with tert-alkyl or cyclic N) is 1. The van der Waals surface area contributed by atoms with Crippen LogP contribution in [0.3, 0.4) is 0 Å². The van der Waals surface area contributed by atoms with E-state index in [2.05, 4.69) is 12.0 Å². The average Bonchev–Trinajstić information content (AvgIpc) is 3.09. The molecule has 1 aromatic carbocycles. The minimum Gasteiger partial charge on any atom is -0.490 e. The zero-order valence-corrected chi connectivity index (χ0v) is 15.5. The van der Waals surface area contributed by atoms with Crippen molar-refractivity contribution in [3.05, 3.63) is 47.8 Å². The molecule has 1 atom stereocenters. The van der Waals surface area contributed by atoms with Crippen molar-refractivity contribution in [3.8, 4) is 5.75 Å². The maximum atomic E-state index is 12.8. The van der Waals surface area contributed by atoms with Gasteiger partial charge in [0.05, 0.1) is 18.3 Å². The van der Waals surface area contributed by atoms with Gasteiger partial charge >= 0.3 is 0 Å². The fourth-order valence-electron chi connectivity index (χ4n) is 3.34. The molecule has 0 bridgehead atoms. The third kappa shape index (κ3) is 4.25. The van der Waals surface area contributed by atoms with Gasteiger partial charge in [0.25, 0.3) is 5.91 Å². The molecular formula is C20H27N3O3. The Balaban J connectivity index is 1.63. The summed E-state index contributed by atoms with van der Waals surface area (Å²) < 4.78 is 7.63. The summed E-state index contributed by atoms with van der Waals surface area (Å²) in [5, 5.41) is 15.2. The summed E-state index contributed by atoms with van der Waals surface area (Å²) in [4.78, 5) is 14.5. The van der Waals surface area contributed by atoms with Crippen molar-refractivity contribution in [2.75, 3.05) is 19.7 Å². The standard InChI is InChI=1S/C20H27N3O3/c1-3-10-23-13-17(12-21-23)19(24)22-11-6-9-20(25,14-22)15-26-18-8-5-4-7-16(18)2/h4-5,7-8,12-13,25H,3,6,9-11,14-15H2,1-2H3/t20-/m0/s1. The Morgan fingerprint density at radius 3 is 2.96 bits per heavy atom. The van der Waals surface area contributed by atoms with Gasteiger partial charge in [-0.1, -0.05) is 25.1 Å². The molecule has 0 saturated carbocycles. The van der Waals surface area contributed by atoms with Crippen LogP contribution < -0.4 is 4.74 Å². The van der Waals surface area contributed by atoms with E-state index in [-0.39, 0.29) is 19.1 Å². The van der Waals surface area contributed by atoms with Crippen molar-refractivity contribution in [1.29, 1.82) is 0 Å². The first-order valence-corrected chi connectivity index (χ1v) is 9.23. The number of carbonyl (C=O) groups excluding carboxylic acids is 1. The molecule has 2 heterocycles. The van der Waals surface area contributed by atoms with Gasteiger partial charge < -0.3 is 14.7 Å². The van der Waals surface area contributed by atoms with Gasteiger partial charge in [-0.2, -0.15) is 5.10 Å². The molecule has 3 rings (SSSR count). The molecule has 6 heteroatoms. The minimum absolute atomic E-state index is 0.0821. The average molecular weight is 357 g/mol. The summed E-state index contributed by atoms with van der Waals surface area (Å²) in [6.45, 7) is 5.94. The summed E-state index contributed by atoms with van der Waals surface area (Å²) >= 11 is 0. The van der Waals surface area contributed by atoms with Crippen LogP contribution in [0.15, 0.2) is 36.7 Å². The van der Waals surface area contributed by atoms with Crippen LogP contribution in [0.25, 0.3) is 0 Å². The van der Waals surface area contributed by atoms with E-state index in [0.29, 0.717) is 18.5 Å². The maximum absolute atomic E-state index is 12.8. The van der Waals surface area contributed by atoms with Crippen LogP contribution in [0.2, 0.25) is 0 Å². The van der Waals surface area contributed by atoms with Gasteiger partial charge in [-0.05, 0) is 37.8 Å². The SMILES string of the molecule is CCCn1cc(C(=O)N2CCC[C@@](O)(COc3ccccc3C)C2)cn1. The van der Waals surface area contributed by atoms with E-state index in [9.17, 15) is 9.90 Å². The van der Waals surface area contributed by atoms with Crippen LogP contribution >= 0.6 is 0 Å². The lowest BCUT2D eigenvalue weighted by atomic mass is 9.93. The number of para-hydroxylation sites is 1. The van der Waals surface area contributed by atoms with E-state index in [4.69, 9.17) is 4.74 Å². The van der Waals surface area contributed by atoms with Crippen LogP contribution in [0.5, 0.6) is 5.75 Å². The molecule has 6 nitrogen and oxygen atoms in total. The predicted molar refractivity (Wildman–Crippen MR) is 99.3 cm³/mol. The summed E-state index contributed by atoms with van der Waals surface area (Å²) in [6, 6.07) is 7.74. The maximum Gasteiger partial charge on any atom is 0.257 e. The Kier molecular flexibility index (Phi) is 5.61. The van der Waals surface area contributed by atoms with Gasteiger partial charge in [0.1, 0.15) is 18.0 Å². The van der Waals surface area contributed by atoms with Crippen molar-refractivity contribution in [1.82, 2.24) is 14.7 Å². The van der Waals surface area contributed by atoms with E-state index in [1.165, 1.54) is 0 Å². The lowest BCUT2D eigenvalue weighted by Gasteiger charge is -2.38. The molecule has 26 heavy (non-hydrogen) atoms. The topological polar surface area (TPSA) is 67.6 Å². The van der Waals surface area contributed by atoms with Crippen molar-refractivity contribution >= 4 is 5.91 Å². The molecule has 0 radical (unpaired) electrons. The van der Waals surface area contributed by atoms with Crippen LogP contribution in [0.1, 0.15) is 42.1 Å². The van der Waals surface area contributed by atoms with E-state index in [1.54, 1.807) is 22.0 Å². The Labute approximate surface area is 154 Å². The first-order valence-electron chi connectivity index (χ1n) is 9.23. The highest BCUT2D eigenvalue weighted by Crippen LogP contribution is 2.25. The molecule has 1 aromatic heterocycles. The number of piperidine rings is 1. The predicted octanol–water partition coefficient (Wildman–Crippen LogP) is 2.65. The third-order valence-electron chi connectivity index (χ3n) is 4.77. The number of rotatable bonds is 6. The van der Waals surface area contributed by atoms with Crippen LogP contribution in [-0.2, 0) is 6.54 Å². The van der Waals surface area contributed by atoms with Gasteiger partial charge in [-0.15, -0.1) is 0 Å². The molecule has 0 aliphatic carbocycles. The fourth-order valence-corrected chi connectivity index (χ4v) is 3.34.